The van der Waals surface area contributed by atoms with Crippen LogP contribution in [-0.4, -0.2) is 11.0 Å². The van der Waals surface area contributed by atoms with E-state index in [1.54, 1.807) is 0 Å². The van der Waals surface area contributed by atoms with Crippen LogP contribution in [0.5, 0.6) is 0 Å². The summed E-state index contributed by atoms with van der Waals surface area (Å²) in [5.41, 5.74) is 7.31. The fraction of sp³-hybridized carbons (Fsp3) is 0.429. The maximum Gasteiger partial charge on any atom is 1.00 e. The maximum absolute atomic E-state index is 11.9. The molecule has 0 heterocycles. The summed E-state index contributed by atoms with van der Waals surface area (Å²) in [6.45, 7) is 6.22. The summed E-state index contributed by atoms with van der Waals surface area (Å²) in [6, 6.07) is 8.13. The second-order valence-electron chi connectivity index (χ2n) is 5.11. The van der Waals surface area contributed by atoms with Crippen LogP contribution in [0.1, 0.15) is 37.8 Å². The summed E-state index contributed by atoms with van der Waals surface area (Å²) < 4.78 is 2.31. The molecule has 0 spiro atoms. The summed E-state index contributed by atoms with van der Waals surface area (Å²) >= 11 is 9.32. The molecule has 4 nitrogen and oxygen atoms in total. The Kier molecular flexibility index (Phi) is 11.2. The summed E-state index contributed by atoms with van der Waals surface area (Å²) in [7, 11) is 0. The zero-order chi connectivity index (χ0) is 15.1. The van der Waals surface area contributed by atoms with Crippen molar-refractivity contribution in [1.29, 1.82) is 0 Å². The number of amides is 1. The van der Waals surface area contributed by atoms with Crippen LogP contribution >= 0.6 is 12.2 Å². The SMILES string of the molecule is CC(C)Cc1ccc(C(C)C(=O)NNC(=S)N[S-])cc1.[K+]. The predicted octanol–water partition coefficient (Wildman–Crippen LogP) is -1.05. The van der Waals surface area contributed by atoms with Gasteiger partial charge in [-0.05, 0) is 42.6 Å². The van der Waals surface area contributed by atoms with Crippen molar-refractivity contribution in [1.82, 2.24) is 15.6 Å². The van der Waals surface area contributed by atoms with Gasteiger partial charge in [-0.25, -0.2) is 0 Å². The third-order valence-corrected chi connectivity index (χ3v) is 3.45. The molecule has 1 rings (SSSR count). The Morgan fingerprint density at radius 1 is 1.19 bits per heavy atom. The topological polar surface area (TPSA) is 53.2 Å². The minimum atomic E-state index is -0.261. The third kappa shape index (κ3) is 7.97. The Morgan fingerprint density at radius 2 is 1.76 bits per heavy atom. The molecule has 0 saturated heterocycles. The van der Waals surface area contributed by atoms with Crippen LogP contribution in [0.4, 0.5) is 0 Å². The Hall–Kier alpha value is 0.366. The van der Waals surface area contributed by atoms with Crippen LogP contribution in [0.3, 0.4) is 0 Å². The van der Waals surface area contributed by atoms with E-state index >= 15 is 0 Å². The number of benzene rings is 1. The Labute approximate surface area is 180 Å². The molecular weight excluding hydrogens is 329 g/mol. The van der Waals surface area contributed by atoms with E-state index in [1.165, 1.54) is 5.56 Å². The minimum Gasteiger partial charge on any atom is -0.668 e. The first kappa shape index (κ1) is 21.4. The first-order valence-electron chi connectivity index (χ1n) is 6.50. The average molecular weight is 350 g/mol. The number of carbonyl (C=O) groups excluding carboxylic acids is 1. The molecule has 1 atom stereocenters. The molecule has 1 aromatic carbocycles. The summed E-state index contributed by atoms with van der Waals surface area (Å²) in [4.78, 5) is 11.9. The van der Waals surface area contributed by atoms with E-state index in [-0.39, 0.29) is 68.3 Å². The van der Waals surface area contributed by atoms with Gasteiger partial charge in [-0.1, -0.05) is 38.1 Å². The number of thiocarbonyl (C=S) groups is 1. The summed E-state index contributed by atoms with van der Waals surface area (Å²) in [5, 5.41) is 0.202. The number of nitrogens with one attached hydrogen (secondary N) is 3. The van der Waals surface area contributed by atoms with Gasteiger partial charge in [0.2, 0.25) is 5.91 Å². The van der Waals surface area contributed by atoms with Gasteiger partial charge in [0.15, 0.2) is 5.11 Å². The minimum absolute atomic E-state index is 0. The molecule has 0 aliphatic heterocycles. The normalized spacial score (nSPS) is 11.3. The number of hydrogen-bond acceptors (Lipinski definition) is 3. The molecule has 21 heavy (non-hydrogen) atoms. The van der Waals surface area contributed by atoms with E-state index in [0.29, 0.717) is 5.92 Å². The largest absolute Gasteiger partial charge is 1.00 e. The van der Waals surface area contributed by atoms with Gasteiger partial charge in [-0.3, -0.25) is 15.6 Å². The molecule has 110 valence electrons. The molecule has 0 fully saturated rings. The van der Waals surface area contributed by atoms with Crippen molar-refractivity contribution >= 4 is 36.1 Å². The summed E-state index contributed by atoms with van der Waals surface area (Å²) in [5.74, 6) is 0.204. The first-order chi connectivity index (χ1) is 9.43. The zero-order valence-corrected chi connectivity index (χ0v) is 17.7. The van der Waals surface area contributed by atoms with Gasteiger partial charge in [0.05, 0.1) is 5.92 Å². The van der Waals surface area contributed by atoms with Gasteiger partial charge in [0.25, 0.3) is 0 Å². The smallest absolute Gasteiger partial charge is 0.668 e. The van der Waals surface area contributed by atoms with Crippen molar-refractivity contribution < 1.29 is 56.2 Å². The second-order valence-corrected chi connectivity index (χ2v) is 5.72. The predicted molar refractivity (Wildman–Crippen MR) is 87.8 cm³/mol. The standard InChI is InChI=1S/C14H20N3OS2.K/c1-9(2)8-11-4-6-12(7-5-11)10(3)13(18)15-16-14(19)17-20;/h4-7,9-10H,8H2,1-3H3,(H3-,15,16,17,18,19,20);/q-1;+1. The van der Waals surface area contributed by atoms with Gasteiger partial charge >= 0.3 is 51.4 Å². The van der Waals surface area contributed by atoms with Crippen molar-refractivity contribution in [2.45, 2.75) is 33.1 Å². The van der Waals surface area contributed by atoms with Crippen molar-refractivity contribution in [3.8, 4) is 0 Å². The van der Waals surface area contributed by atoms with Crippen molar-refractivity contribution in [3.63, 3.8) is 0 Å². The fourth-order valence-electron chi connectivity index (χ4n) is 1.82. The number of carbonyl (C=O) groups is 1. The van der Waals surface area contributed by atoms with Crippen LogP contribution in [0.2, 0.25) is 0 Å². The monoisotopic (exact) mass is 349 g/mol. The van der Waals surface area contributed by atoms with Crippen LogP contribution in [-0.2, 0) is 24.0 Å². The number of hydrogen-bond donors (Lipinski definition) is 3. The molecule has 1 aromatic rings. The molecule has 0 aliphatic rings. The van der Waals surface area contributed by atoms with Crippen LogP contribution in [0.25, 0.3) is 0 Å². The Morgan fingerprint density at radius 3 is 2.24 bits per heavy atom. The average Bonchev–Trinajstić information content (AvgIpc) is 2.43. The van der Waals surface area contributed by atoms with Crippen LogP contribution in [0.15, 0.2) is 24.3 Å². The molecule has 0 saturated carbocycles. The molecule has 1 amide bonds. The molecule has 0 aromatic heterocycles. The third-order valence-electron chi connectivity index (χ3n) is 2.91. The zero-order valence-electron chi connectivity index (χ0n) is 12.9. The second kappa shape index (κ2) is 11.0. The molecule has 0 bridgehead atoms. The van der Waals surface area contributed by atoms with Crippen molar-refractivity contribution in [2.24, 2.45) is 5.92 Å². The van der Waals surface area contributed by atoms with Gasteiger partial charge in [0, 0.05) is 0 Å². The molecule has 3 N–H and O–H groups in total. The number of rotatable bonds is 4. The van der Waals surface area contributed by atoms with Gasteiger partial charge in [-0.2, -0.15) is 0 Å². The van der Waals surface area contributed by atoms with E-state index in [2.05, 4.69) is 54.4 Å². The van der Waals surface area contributed by atoms with E-state index in [1.807, 2.05) is 19.1 Å². The molecule has 7 heteroatoms. The van der Waals surface area contributed by atoms with Crippen LogP contribution in [0, 0.1) is 5.92 Å². The maximum atomic E-state index is 11.9. The Bertz CT molecular complexity index is 466. The van der Waals surface area contributed by atoms with E-state index in [4.69, 9.17) is 12.2 Å². The molecule has 0 aliphatic carbocycles. The van der Waals surface area contributed by atoms with Gasteiger partial charge in [0.1, 0.15) is 0 Å². The first-order valence-corrected chi connectivity index (χ1v) is 7.32. The van der Waals surface area contributed by atoms with E-state index < -0.39 is 0 Å². The van der Waals surface area contributed by atoms with E-state index in [9.17, 15) is 4.79 Å². The fourth-order valence-corrected chi connectivity index (χ4v) is 1.92. The van der Waals surface area contributed by atoms with Crippen molar-refractivity contribution in [3.05, 3.63) is 35.4 Å². The van der Waals surface area contributed by atoms with Gasteiger partial charge in [-0.15, -0.1) is 0 Å². The van der Waals surface area contributed by atoms with Crippen LogP contribution < -0.4 is 67.0 Å². The summed E-state index contributed by atoms with van der Waals surface area (Å²) in [6.07, 6.45) is 1.04. The molecular formula is C14H20KN3OS2. The molecule has 0 radical (unpaired) electrons. The van der Waals surface area contributed by atoms with Gasteiger partial charge < -0.3 is 17.5 Å². The quantitative estimate of drug-likeness (QED) is 0.280. The Balaban J connectivity index is 0.00000400. The van der Waals surface area contributed by atoms with Crippen molar-refractivity contribution in [2.75, 3.05) is 0 Å². The number of hydrazine groups is 1. The molecule has 1 unspecified atom stereocenters. The van der Waals surface area contributed by atoms with E-state index in [0.717, 1.165) is 12.0 Å².